The van der Waals surface area contributed by atoms with E-state index < -0.39 is 10.0 Å². The summed E-state index contributed by atoms with van der Waals surface area (Å²) in [5.41, 5.74) is 1.75. The number of thiazole rings is 1. The number of aryl methyl sites for hydroxylation is 1. The van der Waals surface area contributed by atoms with Gasteiger partial charge in [-0.05, 0) is 32.1 Å². The van der Waals surface area contributed by atoms with Gasteiger partial charge in [0.1, 0.15) is 5.69 Å². The van der Waals surface area contributed by atoms with Crippen LogP contribution in [0.25, 0.3) is 10.6 Å². The molecule has 0 amide bonds. The van der Waals surface area contributed by atoms with Crippen molar-refractivity contribution in [3.8, 4) is 10.6 Å². The molecule has 1 aliphatic rings. The highest BCUT2D eigenvalue weighted by molar-refractivity contribution is 7.88. The maximum absolute atomic E-state index is 11.7. The fraction of sp³-hybridized carbons (Fsp3) is 0.533. The molecule has 0 spiro atoms. The van der Waals surface area contributed by atoms with Crippen molar-refractivity contribution in [1.82, 2.24) is 19.3 Å². The van der Waals surface area contributed by atoms with Crippen LogP contribution in [0.3, 0.4) is 0 Å². The van der Waals surface area contributed by atoms with Gasteiger partial charge < -0.3 is 0 Å². The maximum atomic E-state index is 11.7. The van der Waals surface area contributed by atoms with E-state index in [9.17, 15) is 8.42 Å². The topological polar surface area (TPSA) is 76.1 Å². The van der Waals surface area contributed by atoms with Crippen LogP contribution in [0.15, 0.2) is 18.6 Å². The first-order valence-electron chi connectivity index (χ1n) is 7.60. The minimum absolute atomic E-state index is 0.297. The highest BCUT2D eigenvalue weighted by Gasteiger charge is 2.26. The van der Waals surface area contributed by atoms with Crippen molar-refractivity contribution in [2.24, 2.45) is 5.92 Å². The summed E-state index contributed by atoms with van der Waals surface area (Å²) in [4.78, 5) is 14.2. The second-order valence-corrected chi connectivity index (χ2v) is 9.19. The van der Waals surface area contributed by atoms with Crippen molar-refractivity contribution in [1.29, 1.82) is 0 Å². The van der Waals surface area contributed by atoms with Crippen LogP contribution in [0, 0.1) is 12.8 Å². The predicted octanol–water partition coefficient (Wildman–Crippen LogP) is 2.12. The fourth-order valence-corrected chi connectivity index (χ4v) is 4.57. The lowest BCUT2D eigenvalue weighted by atomic mass is 9.95. The number of rotatable bonds is 4. The molecule has 0 aromatic carbocycles. The zero-order valence-electron chi connectivity index (χ0n) is 13.3. The Hall–Kier alpha value is -1.38. The quantitative estimate of drug-likeness (QED) is 0.842. The maximum Gasteiger partial charge on any atom is 0.211 e. The summed E-state index contributed by atoms with van der Waals surface area (Å²) in [6.07, 6.45) is 9.31. The summed E-state index contributed by atoms with van der Waals surface area (Å²) < 4.78 is 25.0. The van der Waals surface area contributed by atoms with Gasteiger partial charge in [-0.15, -0.1) is 11.3 Å². The van der Waals surface area contributed by atoms with Gasteiger partial charge in [-0.25, -0.2) is 22.7 Å². The minimum Gasteiger partial charge on any atom is -0.261 e. The van der Waals surface area contributed by atoms with E-state index in [-0.39, 0.29) is 0 Å². The van der Waals surface area contributed by atoms with Crippen molar-refractivity contribution < 1.29 is 8.42 Å². The molecule has 3 heterocycles. The second-order valence-electron chi connectivity index (χ2n) is 5.97. The van der Waals surface area contributed by atoms with Crippen molar-refractivity contribution in [3.63, 3.8) is 0 Å². The number of hydrogen-bond acceptors (Lipinski definition) is 6. The Morgan fingerprint density at radius 3 is 2.87 bits per heavy atom. The number of aromatic nitrogens is 3. The van der Waals surface area contributed by atoms with Gasteiger partial charge in [-0.1, -0.05) is 0 Å². The number of piperidine rings is 1. The monoisotopic (exact) mass is 352 g/mol. The average Bonchev–Trinajstić information content (AvgIpc) is 2.94. The van der Waals surface area contributed by atoms with Crippen molar-refractivity contribution >= 4 is 21.4 Å². The van der Waals surface area contributed by atoms with Gasteiger partial charge in [0.05, 0.1) is 28.0 Å². The van der Waals surface area contributed by atoms with Crippen molar-refractivity contribution in [2.45, 2.75) is 26.2 Å². The van der Waals surface area contributed by atoms with Gasteiger partial charge in [0.15, 0.2) is 0 Å². The second kappa shape index (κ2) is 6.62. The van der Waals surface area contributed by atoms with E-state index in [4.69, 9.17) is 0 Å². The molecule has 6 nitrogen and oxygen atoms in total. The van der Waals surface area contributed by atoms with Crippen molar-refractivity contribution in [2.75, 3.05) is 19.3 Å². The van der Waals surface area contributed by atoms with Crippen LogP contribution in [0.2, 0.25) is 0 Å². The Bertz CT molecular complexity index is 788. The molecule has 8 heteroatoms. The summed E-state index contributed by atoms with van der Waals surface area (Å²) in [5, 5.41) is 1.00. The summed E-state index contributed by atoms with van der Waals surface area (Å²) in [7, 11) is -3.11. The van der Waals surface area contributed by atoms with E-state index in [1.165, 1.54) is 6.26 Å². The molecule has 3 rings (SSSR count). The highest BCUT2D eigenvalue weighted by atomic mass is 32.2. The van der Waals surface area contributed by atoms with E-state index in [0.29, 0.717) is 19.0 Å². The smallest absolute Gasteiger partial charge is 0.211 e. The van der Waals surface area contributed by atoms with Crippen LogP contribution in [0.1, 0.15) is 23.5 Å². The van der Waals surface area contributed by atoms with E-state index in [0.717, 1.165) is 40.5 Å². The molecular weight excluding hydrogens is 332 g/mol. The van der Waals surface area contributed by atoms with E-state index in [1.54, 1.807) is 28.0 Å². The lowest BCUT2D eigenvalue weighted by Gasteiger charge is -2.30. The first kappa shape index (κ1) is 16.5. The number of sulfonamides is 1. The van der Waals surface area contributed by atoms with Gasteiger partial charge in [0.2, 0.25) is 10.0 Å². The molecular formula is C15H20N4O2S2. The molecule has 2 aromatic heterocycles. The van der Waals surface area contributed by atoms with Crippen LogP contribution in [-0.4, -0.2) is 47.0 Å². The Morgan fingerprint density at radius 1 is 1.35 bits per heavy atom. The van der Waals surface area contributed by atoms with Gasteiger partial charge in [-0.3, -0.25) is 4.98 Å². The molecule has 0 N–H and O–H groups in total. The Morgan fingerprint density at radius 2 is 2.17 bits per heavy atom. The van der Waals surface area contributed by atoms with Crippen LogP contribution in [0.5, 0.6) is 0 Å². The number of nitrogens with zero attached hydrogens (tertiary/aromatic N) is 4. The first-order chi connectivity index (χ1) is 10.9. The largest absolute Gasteiger partial charge is 0.261 e. The summed E-state index contributed by atoms with van der Waals surface area (Å²) >= 11 is 1.60. The molecule has 1 fully saturated rings. The summed E-state index contributed by atoms with van der Waals surface area (Å²) in [6.45, 7) is 3.17. The van der Waals surface area contributed by atoms with Gasteiger partial charge >= 0.3 is 0 Å². The molecule has 23 heavy (non-hydrogen) atoms. The lowest BCUT2D eigenvalue weighted by Crippen LogP contribution is -2.39. The molecule has 1 aliphatic heterocycles. The van der Waals surface area contributed by atoms with Gasteiger partial charge in [0.25, 0.3) is 0 Å². The third-order valence-corrected chi connectivity index (χ3v) is 6.21. The zero-order chi connectivity index (χ0) is 16.4. The Balaban J connectivity index is 1.73. The SMILES string of the molecule is Cc1ncc(-c2cncc(C[C@H]3CCCN(S(C)(=O)=O)C3)n2)s1. The third-order valence-electron chi connectivity index (χ3n) is 4.01. The van der Waals surface area contributed by atoms with E-state index in [2.05, 4.69) is 15.0 Å². The third kappa shape index (κ3) is 4.13. The van der Waals surface area contributed by atoms with Gasteiger partial charge in [0, 0.05) is 25.5 Å². The van der Waals surface area contributed by atoms with Crippen LogP contribution in [0.4, 0.5) is 0 Å². The Kier molecular flexibility index (Phi) is 4.74. The van der Waals surface area contributed by atoms with Crippen LogP contribution in [-0.2, 0) is 16.4 Å². The molecule has 0 aliphatic carbocycles. The minimum atomic E-state index is -3.11. The first-order valence-corrected chi connectivity index (χ1v) is 10.3. The van der Waals surface area contributed by atoms with Gasteiger partial charge in [-0.2, -0.15) is 0 Å². The van der Waals surface area contributed by atoms with E-state index >= 15 is 0 Å². The molecule has 0 radical (unpaired) electrons. The van der Waals surface area contributed by atoms with Crippen LogP contribution < -0.4 is 0 Å². The molecule has 0 saturated carbocycles. The molecule has 0 unspecified atom stereocenters. The highest BCUT2D eigenvalue weighted by Crippen LogP contribution is 2.25. The molecule has 124 valence electrons. The average molecular weight is 352 g/mol. The molecule has 0 bridgehead atoms. The van der Waals surface area contributed by atoms with Crippen LogP contribution >= 0.6 is 11.3 Å². The normalized spacial score (nSPS) is 19.8. The lowest BCUT2D eigenvalue weighted by molar-refractivity contribution is 0.265. The zero-order valence-corrected chi connectivity index (χ0v) is 14.9. The number of hydrogen-bond donors (Lipinski definition) is 0. The predicted molar refractivity (Wildman–Crippen MR) is 90.7 cm³/mol. The summed E-state index contributed by atoms with van der Waals surface area (Å²) in [6, 6.07) is 0. The molecule has 1 saturated heterocycles. The summed E-state index contributed by atoms with van der Waals surface area (Å²) in [5.74, 6) is 0.297. The fourth-order valence-electron chi connectivity index (χ4n) is 2.89. The Labute approximate surface area is 140 Å². The molecule has 1 atom stereocenters. The van der Waals surface area contributed by atoms with Crippen molar-refractivity contribution in [3.05, 3.63) is 29.3 Å². The molecule has 2 aromatic rings. The van der Waals surface area contributed by atoms with E-state index in [1.807, 2.05) is 13.1 Å². The standard InChI is InChI=1S/C15H20N4O2S2/c1-11-17-9-15(22-11)14-8-16-7-13(18-14)6-12-4-3-5-19(10-12)23(2,20)21/h7-9,12H,3-6,10H2,1-2H3/t12-/m1/s1.